The quantitative estimate of drug-likeness (QED) is 0.903. The molecule has 5 heteroatoms. The average Bonchev–Trinajstić information content (AvgIpc) is 3.07. The highest BCUT2D eigenvalue weighted by molar-refractivity contribution is 6.33. The second-order valence-corrected chi connectivity index (χ2v) is 6.28. The molecular weight excluding hydrogens is 262 g/mol. The Bertz CT molecular complexity index is 477. The molecular formula is C14H22ClN3O. The molecule has 4 nitrogen and oxygen atoms in total. The topological polar surface area (TPSA) is 46.9 Å². The lowest BCUT2D eigenvalue weighted by Gasteiger charge is -2.12. The van der Waals surface area contributed by atoms with Gasteiger partial charge in [-0.15, -0.1) is 0 Å². The van der Waals surface area contributed by atoms with Crippen molar-refractivity contribution < 1.29 is 4.79 Å². The van der Waals surface area contributed by atoms with Crippen LogP contribution in [-0.2, 0) is 6.54 Å². The third-order valence-corrected chi connectivity index (χ3v) is 3.90. The van der Waals surface area contributed by atoms with Crippen LogP contribution in [0, 0.1) is 18.8 Å². The van der Waals surface area contributed by atoms with Crippen molar-refractivity contribution in [1.29, 1.82) is 0 Å². The van der Waals surface area contributed by atoms with Gasteiger partial charge in [0.25, 0.3) is 5.91 Å². The second-order valence-electron chi connectivity index (χ2n) is 5.93. The summed E-state index contributed by atoms with van der Waals surface area (Å²) in [6.07, 6.45) is 2.42. The molecule has 1 aromatic heterocycles. The maximum atomic E-state index is 12.3. The largest absolute Gasteiger partial charge is 0.349 e. The maximum Gasteiger partial charge on any atom is 0.256 e. The summed E-state index contributed by atoms with van der Waals surface area (Å²) >= 11 is 6.29. The summed E-state index contributed by atoms with van der Waals surface area (Å²) in [7, 11) is 0. The number of carbonyl (C=O) groups excluding carboxylic acids is 1. The molecule has 0 aromatic carbocycles. The van der Waals surface area contributed by atoms with E-state index in [1.807, 2.05) is 6.92 Å². The highest BCUT2D eigenvalue weighted by Crippen LogP contribution is 2.32. The Morgan fingerprint density at radius 1 is 1.47 bits per heavy atom. The first-order chi connectivity index (χ1) is 8.90. The number of amides is 1. The van der Waals surface area contributed by atoms with Crippen LogP contribution in [0.4, 0.5) is 0 Å². The Morgan fingerprint density at radius 3 is 2.63 bits per heavy atom. The molecule has 1 saturated carbocycles. The molecule has 1 aromatic rings. The summed E-state index contributed by atoms with van der Waals surface area (Å²) in [5.74, 6) is 0.976. The Kier molecular flexibility index (Phi) is 4.19. The molecule has 1 unspecified atom stereocenters. The van der Waals surface area contributed by atoms with Crippen molar-refractivity contribution in [3.63, 3.8) is 0 Å². The molecule has 1 aliphatic rings. The van der Waals surface area contributed by atoms with Gasteiger partial charge in [-0.2, -0.15) is 5.10 Å². The van der Waals surface area contributed by atoms with E-state index in [-0.39, 0.29) is 11.9 Å². The lowest BCUT2D eigenvalue weighted by atomic mass is 10.2. The first-order valence-electron chi connectivity index (χ1n) is 6.94. The SMILES string of the molecule is Cc1nn(CC(C)C)c(Cl)c1C(=O)NC(C)C1CC1. The first-order valence-corrected chi connectivity index (χ1v) is 7.31. The summed E-state index contributed by atoms with van der Waals surface area (Å²) < 4.78 is 1.72. The third kappa shape index (κ3) is 3.30. The van der Waals surface area contributed by atoms with Crippen LogP contribution in [0.2, 0.25) is 5.15 Å². The molecule has 0 saturated heterocycles. The van der Waals surface area contributed by atoms with Crippen LogP contribution in [0.3, 0.4) is 0 Å². The van der Waals surface area contributed by atoms with Gasteiger partial charge in [0.2, 0.25) is 0 Å². The van der Waals surface area contributed by atoms with Crippen LogP contribution in [-0.4, -0.2) is 21.7 Å². The predicted molar refractivity (Wildman–Crippen MR) is 76.5 cm³/mol. The highest BCUT2D eigenvalue weighted by Gasteiger charge is 2.30. The van der Waals surface area contributed by atoms with E-state index in [0.29, 0.717) is 28.2 Å². The van der Waals surface area contributed by atoms with E-state index in [9.17, 15) is 4.79 Å². The van der Waals surface area contributed by atoms with Crippen LogP contribution < -0.4 is 5.32 Å². The maximum absolute atomic E-state index is 12.3. The van der Waals surface area contributed by atoms with Crippen LogP contribution in [0.1, 0.15) is 49.7 Å². The number of rotatable bonds is 5. The van der Waals surface area contributed by atoms with Gasteiger partial charge in [0.1, 0.15) is 5.15 Å². The Labute approximate surface area is 119 Å². The van der Waals surface area contributed by atoms with Gasteiger partial charge in [0.05, 0.1) is 11.3 Å². The summed E-state index contributed by atoms with van der Waals surface area (Å²) in [5, 5.41) is 7.84. The lowest BCUT2D eigenvalue weighted by molar-refractivity contribution is 0.0935. The number of aromatic nitrogens is 2. The number of aryl methyl sites for hydroxylation is 1. The molecule has 1 heterocycles. The minimum atomic E-state index is -0.100. The minimum Gasteiger partial charge on any atom is -0.349 e. The third-order valence-electron chi connectivity index (χ3n) is 3.52. The van der Waals surface area contributed by atoms with Gasteiger partial charge in [0.15, 0.2) is 0 Å². The fourth-order valence-electron chi connectivity index (χ4n) is 2.27. The second kappa shape index (κ2) is 5.53. The molecule has 1 N–H and O–H groups in total. The fraction of sp³-hybridized carbons (Fsp3) is 0.714. The van der Waals surface area contributed by atoms with Crippen molar-refractivity contribution in [2.75, 3.05) is 0 Å². The zero-order valence-electron chi connectivity index (χ0n) is 12.0. The van der Waals surface area contributed by atoms with Crippen molar-refractivity contribution in [2.45, 2.75) is 53.1 Å². The van der Waals surface area contributed by atoms with Crippen molar-refractivity contribution in [3.8, 4) is 0 Å². The molecule has 1 aliphatic carbocycles. The van der Waals surface area contributed by atoms with E-state index in [0.717, 1.165) is 6.54 Å². The van der Waals surface area contributed by atoms with Crippen LogP contribution in [0.5, 0.6) is 0 Å². The van der Waals surface area contributed by atoms with Gasteiger partial charge >= 0.3 is 0 Å². The van der Waals surface area contributed by atoms with Crippen molar-refractivity contribution in [2.24, 2.45) is 11.8 Å². The molecule has 2 rings (SSSR count). The standard InChI is InChI=1S/C14H22ClN3O/c1-8(2)7-18-13(15)12(10(4)17-18)14(19)16-9(3)11-5-6-11/h8-9,11H,5-7H2,1-4H3,(H,16,19). The van der Waals surface area contributed by atoms with Crippen LogP contribution in [0.25, 0.3) is 0 Å². The molecule has 0 spiro atoms. The number of hydrogen-bond donors (Lipinski definition) is 1. The number of halogens is 1. The molecule has 19 heavy (non-hydrogen) atoms. The molecule has 0 bridgehead atoms. The summed E-state index contributed by atoms with van der Waals surface area (Å²) in [5.41, 5.74) is 1.22. The van der Waals surface area contributed by atoms with Crippen molar-refractivity contribution in [1.82, 2.24) is 15.1 Å². The zero-order chi connectivity index (χ0) is 14.2. The van der Waals surface area contributed by atoms with E-state index in [1.165, 1.54) is 12.8 Å². The summed E-state index contributed by atoms with van der Waals surface area (Å²) in [4.78, 5) is 12.3. The minimum absolute atomic E-state index is 0.100. The van der Waals surface area contributed by atoms with Gasteiger partial charge < -0.3 is 5.32 Å². The lowest BCUT2D eigenvalue weighted by Crippen LogP contribution is -2.34. The van der Waals surface area contributed by atoms with E-state index < -0.39 is 0 Å². The van der Waals surface area contributed by atoms with Crippen LogP contribution in [0.15, 0.2) is 0 Å². The van der Waals surface area contributed by atoms with Gasteiger partial charge in [0, 0.05) is 12.6 Å². The normalized spacial score (nSPS) is 16.7. The highest BCUT2D eigenvalue weighted by atomic mass is 35.5. The van der Waals surface area contributed by atoms with Crippen molar-refractivity contribution >= 4 is 17.5 Å². The Morgan fingerprint density at radius 2 is 2.11 bits per heavy atom. The van der Waals surface area contributed by atoms with Gasteiger partial charge in [-0.1, -0.05) is 25.4 Å². The Hall–Kier alpha value is -1.03. The van der Waals surface area contributed by atoms with Gasteiger partial charge in [-0.3, -0.25) is 9.48 Å². The predicted octanol–water partition coefficient (Wildman–Crippen LogP) is 3.03. The number of nitrogens with zero attached hydrogens (tertiary/aromatic N) is 2. The number of carbonyl (C=O) groups is 1. The van der Waals surface area contributed by atoms with E-state index in [4.69, 9.17) is 11.6 Å². The molecule has 1 amide bonds. The van der Waals surface area contributed by atoms with E-state index in [1.54, 1.807) is 4.68 Å². The van der Waals surface area contributed by atoms with Crippen LogP contribution >= 0.6 is 11.6 Å². The van der Waals surface area contributed by atoms with E-state index in [2.05, 4.69) is 31.2 Å². The molecule has 1 fully saturated rings. The molecule has 0 aliphatic heterocycles. The number of nitrogens with one attached hydrogen (secondary N) is 1. The smallest absolute Gasteiger partial charge is 0.256 e. The average molecular weight is 284 g/mol. The first kappa shape index (κ1) is 14.4. The van der Waals surface area contributed by atoms with Crippen molar-refractivity contribution in [3.05, 3.63) is 16.4 Å². The molecule has 1 atom stereocenters. The summed E-state index contributed by atoms with van der Waals surface area (Å²) in [6, 6.07) is 0.219. The number of hydrogen-bond acceptors (Lipinski definition) is 2. The Balaban J connectivity index is 2.14. The van der Waals surface area contributed by atoms with Gasteiger partial charge in [-0.05, 0) is 38.5 Å². The monoisotopic (exact) mass is 283 g/mol. The van der Waals surface area contributed by atoms with Gasteiger partial charge in [-0.25, -0.2) is 0 Å². The zero-order valence-corrected chi connectivity index (χ0v) is 12.8. The fourth-order valence-corrected chi connectivity index (χ4v) is 2.60. The molecule has 106 valence electrons. The molecule has 0 radical (unpaired) electrons. The van der Waals surface area contributed by atoms with E-state index >= 15 is 0 Å². The summed E-state index contributed by atoms with van der Waals surface area (Å²) in [6.45, 7) is 8.81.